The first-order valence-corrected chi connectivity index (χ1v) is 7.61. The van der Waals surface area contributed by atoms with E-state index >= 15 is 0 Å². The van der Waals surface area contributed by atoms with E-state index < -0.39 is 5.97 Å². The molecule has 0 fully saturated rings. The maximum Gasteiger partial charge on any atom is 0.338 e. The first-order valence-electron chi connectivity index (χ1n) is 6.73. The third-order valence-corrected chi connectivity index (χ3v) is 3.84. The highest BCUT2D eigenvalue weighted by Crippen LogP contribution is 2.11. The van der Waals surface area contributed by atoms with Crippen LogP contribution in [0.15, 0.2) is 34.4 Å². The molecule has 0 saturated carbocycles. The quantitative estimate of drug-likeness (QED) is 0.855. The Hall–Kier alpha value is -2.41. The maximum atomic E-state index is 11.9. The Morgan fingerprint density at radius 2 is 1.95 bits per heavy atom. The molecule has 0 bridgehead atoms. The number of amides is 1. The second-order valence-corrected chi connectivity index (χ2v) is 5.40. The van der Waals surface area contributed by atoms with Gasteiger partial charge in [0.1, 0.15) is 6.54 Å². The molecule has 0 aliphatic rings. The summed E-state index contributed by atoms with van der Waals surface area (Å²) in [5.41, 5.74) is 1.73. The number of carbonyl (C=O) groups excluding carboxylic acids is 2. The fourth-order valence-electron chi connectivity index (χ4n) is 1.84. The number of ether oxygens (including phenoxy) is 1. The van der Waals surface area contributed by atoms with Crippen molar-refractivity contribution in [2.45, 2.75) is 20.4 Å². The molecule has 7 heteroatoms. The Balaban J connectivity index is 2.00. The van der Waals surface area contributed by atoms with Crippen LogP contribution in [-0.2, 0) is 16.1 Å². The van der Waals surface area contributed by atoms with E-state index in [9.17, 15) is 14.4 Å². The van der Waals surface area contributed by atoms with Crippen molar-refractivity contribution in [3.63, 3.8) is 0 Å². The Morgan fingerprint density at radius 1 is 1.27 bits per heavy atom. The Bertz CT molecular complexity index is 731. The van der Waals surface area contributed by atoms with Crippen LogP contribution in [-0.4, -0.2) is 23.1 Å². The van der Waals surface area contributed by atoms with Crippen LogP contribution in [0.1, 0.15) is 23.0 Å². The molecular formula is C15H16N2O4S. The van der Waals surface area contributed by atoms with E-state index in [4.69, 9.17) is 4.74 Å². The highest BCUT2D eigenvalue weighted by atomic mass is 32.1. The van der Waals surface area contributed by atoms with Crippen molar-refractivity contribution >= 4 is 28.9 Å². The van der Waals surface area contributed by atoms with Gasteiger partial charge in [-0.25, -0.2) is 4.79 Å². The van der Waals surface area contributed by atoms with Crippen molar-refractivity contribution in [2.24, 2.45) is 0 Å². The lowest BCUT2D eigenvalue weighted by molar-refractivity contribution is -0.116. The number of benzene rings is 1. The molecule has 0 saturated heterocycles. The zero-order valence-corrected chi connectivity index (χ0v) is 13.1. The minimum atomic E-state index is -0.402. The van der Waals surface area contributed by atoms with E-state index in [0.717, 1.165) is 17.0 Å². The van der Waals surface area contributed by atoms with Crippen LogP contribution in [0.5, 0.6) is 0 Å². The highest BCUT2D eigenvalue weighted by Gasteiger charge is 2.10. The van der Waals surface area contributed by atoms with Crippen LogP contribution in [0.4, 0.5) is 5.69 Å². The van der Waals surface area contributed by atoms with Gasteiger partial charge in [-0.2, -0.15) is 0 Å². The summed E-state index contributed by atoms with van der Waals surface area (Å²) < 4.78 is 6.29. The second-order valence-electron chi connectivity index (χ2n) is 4.58. The molecule has 1 N–H and O–H groups in total. The van der Waals surface area contributed by atoms with Gasteiger partial charge in [0.15, 0.2) is 0 Å². The molecule has 0 aliphatic carbocycles. The number of hydrogen-bond acceptors (Lipinski definition) is 5. The average molecular weight is 320 g/mol. The fraction of sp³-hybridized carbons (Fsp3) is 0.267. The molecule has 0 atom stereocenters. The molecule has 0 radical (unpaired) electrons. The molecule has 2 rings (SSSR count). The summed E-state index contributed by atoms with van der Waals surface area (Å²) in [6.07, 6.45) is 0. The molecule has 0 unspecified atom stereocenters. The Labute approximate surface area is 131 Å². The van der Waals surface area contributed by atoms with E-state index in [1.54, 1.807) is 43.5 Å². The van der Waals surface area contributed by atoms with Crippen molar-refractivity contribution in [1.29, 1.82) is 0 Å². The number of esters is 1. The predicted molar refractivity (Wildman–Crippen MR) is 84.3 cm³/mol. The summed E-state index contributed by atoms with van der Waals surface area (Å²) in [5.74, 6) is -0.701. The summed E-state index contributed by atoms with van der Waals surface area (Å²) in [7, 11) is 0. The van der Waals surface area contributed by atoms with Crippen molar-refractivity contribution in [3.8, 4) is 0 Å². The van der Waals surface area contributed by atoms with E-state index in [-0.39, 0.29) is 17.3 Å². The lowest BCUT2D eigenvalue weighted by Crippen LogP contribution is -2.25. The molecule has 6 nitrogen and oxygen atoms in total. The van der Waals surface area contributed by atoms with Crippen molar-refractivity contribution in [1.82, 2.24) is 4.57 Å². The van der Waals surface area contributed by atoms with Gasteiger partial charge < -0.3 is 10.1 Å². The maximum absolute atomic E-state index is 11.9. The van der Waals surface area contributed by atoms with Gasteiger partial charge in [-0.05, 0) is 38.1 Å². The summed E-state index contributed by atoms with van der Waals surface area (Å²) >= 11 is 1.07. The number of aromatic nitrogens is 1. The topological polar surface area (TPSA) is 77.4 Å². The largest absolute Gasteiger partial charge is 0.462 e. The minimum absolute atomic E-state index is 0.0339. The van der Waals surface area contributed by atoms with Crippen LogP contribution >= 0.6 is 11.3 Å². The summed E-state index contributed by atoms with van der Waals surface area (Å²) in [4.78, 5) is 34.9. The molecule has 116 valence electrons. The van der Waals surface area contributed by atoms with Crippen LogP contribution in [0, 0.1) is 6.92 Å². The summed E-state index contributed by atoms with van der Waals surface area (Å²) in [6, 6.07) is 6.39. The number of anilines is 1. The number of nitrogens with zero attached hydrogens (tertiary/aromatic N) is 1. The molecule has 22 heavy (non-hydrogen) atoms. The normalized spacial score (nSPS) is 10.3. The summed E-state index contributed by atoms with van der Waals surface area (Å²) in [6.45, 7) is 3.79. The molecule has 1 amide bonds. The van der Waals surface area contributed by atoms with E-state index in [0.29, 0.717) is 17.9 Å². The number of aryl methyl sites for hydroxylation is 1. The zero-order valence-electron chi connectivity index (χ0n) is 12.3. The van der Waals surface area contributed by atoms with Gasteiger partial charge in [0, 0.05) is 16.8 Å². The number of carbonyl (C=O) groups is 2. The summed E-state index contributed by atoms with van der Waals surface area (Å²) in [5, 5.41) is 4.40. The minimum Gasteiger partial charge on any atom is -0.462 e. The average Bonchev–Trinajstić information content (AvgIpc) is 2.80. The molecule has 0 aliphatic heterocycles. The molecule has 1 aromatic heterocycles. The van der Waals surface area contributed by atoms with Crippen LogP contribution in [0.3, 0.4) is 0 Å². The first-order chi connectivity index (χ1) is 10.5. The smallest absolute Gasteiger partial charge is 0.338 e. The SMILES string of the molecule is CCOC(=O)c1ccc(NC(=O)Cn2c(C)csc2=O)cc1. The van der Waals surface area contributed by atoms with Crippen LogP contribution < -0.4 is 10.2 Å². The lowest BCUT2D eigenvalue weighted by atomic mass is 10.2. The number of hydrogen-bond donors (Lipinski definition) is 1. The molecular weight excluding hydrogens is 304 g/mol. The van der Waals surface area contributed by atoms with E-state index in [2.05, 4.69) is 5.32 Å². The number of nitrogens with one attached hydrogen (secondary N) is 1. The second kappa shape index (κ2) is 7.04. The highest BCUT2D eigenvalue weighted by molar-refractivity contribution is 7.07. The predicted octanol–water partition coefficient (Wildman–Crippen LogP) is 2.03. The van der Waals surface area contributed by atoms with Crippen LogP contribution in [0.25, 0.3) is 0 Å². The van der Waals surface area contributed by atoms with E-state index in [1.807, 2.05) is 0 Å². The van der Waals surface area contributed by atoms with Gasteiger partial charge in [-0.1, -0.05) is 11.3 Å². The molecule has 2 aromatic rings. The third-order valence-electron chi connectivity index (χ3n) is 2.96. The van der Waals surface area contributed by atoms with Gasteiger partial charge in [0.05, 0.1) is 12.2 Å². The van der Waals surface area contributed by atoms with Gasteiger partial charge in [-0.15, -0.1) is 0 Å². The van der Waals surface area contributed by atoms with Crippen LogP contribution in [0.2, 0.25) is 0 Å². The zero-order chi connectivity index (χ0) is 16.1. The number of thiazole rings is 1. The first kappa shape index (κ1) is 16.0. The van der Waals surface area contributed by atoms with Gasteiger partial charge in [-0.3, -0.25) is 14.2 Å². The molecule has 1 aromatic carbocycles. The molecule has 0 spiro atoms. The van der Waals surface area contributed by atoms with Crippen molar-refractivity contribution < 1.29 is 14.3 Å². The fourth-order valence-corrected chi connectivity index (χ4v) is 2.58. The monoisotopic (exact) mass is 320 g/mol. The van der Waals surface area contributed by atoms with Gasteiger partial charge in [0.25, 0.3) is 0 Å². The van der Waals surface area contributed by atoms with Gasteiger partial charge in [0.2, 0.25) is 5.91 Å². The Morgan fingerprint density at radius 3 is 2.50 bits per heavy atom. The number of rotatable bonds is 5. The van der Waals surface area contributed by atoms with Crippen molar-refractivity contribution in [2.75, 3.05) is 11.9 Å². The van der Waals surface area contributed by atoms with Crippen molar-refractivity contribution in [3.05, 3.63) is 50.6 Å². The standard InChI is InChI=1S/C15H16N2O4S/c1-3-21-14(19)11-4-6-12(7-5-11)16-13(18)8-17-10(2)9-22-15(17)20/h4-7,9H,3,8H2,1-2H3,(H,16,18). The third kappa shape index (κ3) is 3.82. The molecule has 1 heterocycles. The Kier molecular flexibility index (Phi) is 5.11. The van der Waals surface area contributed by atoms with Gasteiger partial charge >= 0.3 is 10.8 Å². The van der Waals surface area contributed by atoms with E-state index in [1.165, 1.54) is 4.57 Å². The lowest BCUT2D eigenvalue weighted by Gasteiger charge is -2.07.